The third-order valence-corrected chi connectivity index (χ3v) is 3.34. The van der Waals surface area contributed by atoms with E-state index in [4.69, 9.17) is 26.2 Å². The molecular weight excluding hydrogens is 352 g/mol. The van der Waals surface area contributed by atoms with Crippen molar-refractivity contribution in [1.82, 2.24) is 20.8 Å². The monoisotopic (exact) mass is 374 g/mol. The second-order valence-corrected chi connectivity index (χ2v) is 5.51. The number of nitrogens with two attached hydrogens (primary N) is 2. The van der Waals surface area contributed by atoms with E-state index in [-0.39, 0.29) is 24.6 Å². The Morgan fingerprint density at radius 1 is 1.31 bits per heavy atom. The van der Waals surface area contributed by atoms with Crippen molar-refractivity contribution in [3.63, 3.8) is 0 Å². The third-order valence-electron chi connectivity index (χ3n) is 3.34. The molecule has 1 aromatic rings. The molecule has 0 aliphatic heterocycles. The van der Waals surface area contributed by atoms with E-state index in [1.807, 2.05) is 5.32 Å². The Bertz CT molecular complexity index is 634. The summed E-state index contributed by atoms with van der Waals surface area (Å²) in [6.07, 6.45) is -1.10. The van der Waals surface area contributed by atoms with Crippen LogP contribution >= 0.6 is 0 Å². The molecule has 1 aromatic heterocycles. The van der Waals surface area contributed by atoms with Gasteiger partial charge >= 0.3 is 12.0 Å². The summed E-state index contributed by atoms with van der Waals surface area (Å²) in [4.78, 5) is 37.7. The topological polar surface area (TPSA) is 227 Å². The first-order valence-electron chi connectivity index (χ1n) is 7.61. The number of carbonyl (C=O) groups excluding carboxylic acids is 2. The number of hydrogen-bond donors (Lipinski definition) is 7. The molecule has 3 amide bonds. The van der Waals surface area contributed by atoms with Gasteiger partial charge in [-0.15, -0.1) is 0 Å². The van der Waals surface area contributed by atoms with Crippen molar-refractivity contribution in [1.29, 1.82) is 0 Å². The van der Waals surface area contributed by atoms with E-state index in [1.165, 1.54) is 6.92 Å². The van der Waals surface area contributed by atoms with Crippen molar-refractivity contribution in [2.75, 3.05) is 6.61 Å². The second kappa shape index (κ2) is 9.65. The van der Waals surface area contributed by atoms with E-state index >= 15 is 0 Å². The van der Waals surface area contributed by atoms with Gasteiger partial charge in [0.15, 0.2) is 11.9 Å². The number of amides is 3. The zero-order valence-corrected chi connectivity index (χ0v) is 14.0. The summed E-state index contributed by atoms with van der Waals surface area (Å²) in [5, 5.41) is 35.2. The predicted molar refractivity (Wildman–Crippen MR) is 84.3 cm³/mol. The molecule has 1 heterocycles. The highest BCUT2D eigenvalue weighted by atomic mass is 16.5. The average Bonchev–Trinajstić information content (AvgIpc) is 3.04. The average molecular weight is 374 g/mol. The number of urea groups is 1. The molecule has 26 heavy (non-hydrogen) atoms. The molecule has 0 spiro atoms. The highest BCUT2D eigenvalue weighted by Gasteiger charge is 2.26. The van der Waals surface area contributed by atoms with Gasteiger partial charge in [-0.25, -0.2) is 9.59 Å². The smallest absolute Gasteiger partial charge is 0.328 e. The Hall–Kier alpha value is -2.77. The second-order valence-electron chi connectivity index (χ2n) is 5.51. The molecule has 13 heteroatoms. The van der Waals surface area contributed by atoms with Crippen LogP contribution in [0.3, 0.4) is 0 Å². The molecule has 9 N–H and O–H groups in total. The van der Waals surface area contributed by atoms with Gasteiger partial charge in [0.25, 0.3) is 0 Å². The summed E-state index contributed by atoms with van der Waals surface area (Å²) < 4.78 is 5.00. The molecule has 0 fully saturated rings. The number of nitrogens with zero attached hydrogens (tertiary/aromatic N) is 2. The number of carboxylic acid groups (broad SMARTS) is 1. The van der Waals surface area contributed by atoms with Crippen molar-refractivity contribution in [3.8, 4) is 0 Å². The molecular formula is C13H22N6O7. The summed E-state index contributed by atoms with van der Waals surface area (Å²) in [5.74, 6) is -2.20. The normalized spacial score (nSPS) is 15.5. The van der Waals surface area contributed by atoms with Crippen LogP contribution in [0.4, 0.5) is 4.79 Å². The summed E-state index contributed by atoms with van der Waals surface area (Å²) in [6.45, 7) is 0.612. The van der Waals surface area contributed by atoms with Gasteiger partial charge in [-0.2, -0.15) is 4.98 Å². The number of primary amides is 1. The minimum atomic E-state index is -1.52. The summed E-state index contributed by atoms with van der Waals surface area (Å²) in [6, 6.07) is -4.36. The molecule has 0 bridgehead atoms. The van der Waals surface area contributed by atoms with E-state index in [0.29, 0.717) is 0 Å². The highest BCUT2D eigenvalue weighted by Crippen LogP contribution is 2.19. The number of aliphatic carboxylic acids is 1. The maximum absolute atomic E-state index is 11.9. The fourth-order valence-electron chi connectivity index (χ4n) is 1.83. The Balaban J connectivity index is 2.89. The molecule has 0 saturated carbocycles. The van der Waals surface area contributed by atoms with Crippen LogP contribution in [-0.4, -0.2) is 62.1 Å². The van der Waals surface area contributed by atoms with Crippen molar-refractivity contribution in [2.45, 2.75) is 44.0 Å². The third kappa shape index (κ3) is 6.27. The molecule has 4 unspecified atom stereocenters. The summed E-state index contributed by atoms with van der Waals surface area (Å²) in [5.41, 5.74) is 10.8. The fourth-order valence-corrected chi connectivity index (χ4v) is 1.83. The molecule has 146 valence electrons. The van der Waals surface area contributed by atoms with Crippen LogP contribution in [0.15, 0.2) is 4.52 Å². The van der Waals surface area contributed by atoms with Crippen LogP contribution < -0.4 is 22.1 Å². The van der Waals surface area contributed by atoms with Gasteiger partial charge in [0.05, 0.1) is 18.8 Å². The summed E-state index contributed by atoms with van der Waals surface area (Å²) >= 11 is 0. The molecule has 13 nitrogen and oxygen atoms in total. The maximum atomic E-state index is 11.9. The Labute approximate surface area is 147 Å². The lowest BCUT2D eigenvalue weighted by molar-refractivity contribution is -0.140. The molecule has 0 saturated heterocycles. The first-order valence-corrected chi connectivity index (χ1v) is 7.61. The van der Waals surface area contributed by atoms with Crippen LogP contribution in [0.5, 0.6) is 0 Å². The minimum absolute atomic E-state index is 0.00876. The van der Waals surface area contributed by atoms with Gasteiger partial charge in [0.2, 0.25) is 11.8 Å². The van der Waals surface area contributed by atoms with Gasteiger partial charge < -0.3 is 41.9 Å². The molecule has 1 rings (SSSR count). The molecule has 0 radical (unpaired) electrons. The zero-order chi connectivity index (χ0) is 19.9. The number of carbonyl (C=O) groups is 3. The first-order chi connectivity index (χ1) is 12.1. The van der Waals surface area contributed by atoms with Crippen LogP contribution in [0.25, 0.3) is 0 Å². The van der Waals surface area contributed by atoms with Gasteiger partial charge in [-0.1, -0.05) is 5.16 Å². The largest absolute Gasteiger partial charge is 0.480 e. The first kappa shape index (κ1) is 21.3. The van der Waals surface area contributed by atoms with E-state index < -0.39 is 48.7 Å². The molecule has 0 aliphatic carbocycles. The van der Waals surface area contributed by atoms with Gasteiger partial charge in [-0.3, -0.25) is 4.79 Å². The Morgan fingerprint density at radius 3 is 2.46 bits per heavy atom. The quantitative estimate of drug-likeness (QED) is 0.228. The van der Waals surface area contributed by atoms with Crippen molar-refractivity contribution >= 4 is 17.9 Å². The van der Waals surface area contributed by atoms with Crippen LogP contribution in [-0.2, 0) is 9.59 Å². The van der Waals surface area contributed by atoms with E-state index in [9.17, 15) is 19.5 Å². The number of carboxylic acids is 1. The highest BCUT2D eigenvalue weighted by molar-refractivity contribution is 5.82. The Kier molecular flexibility index (Phi) is 7.89. The number of aliphatic hydroxyl groups excluding tert-OH is 2. The van der Waals surface area contributed by atoms with E-state index in [0.717, 1.165) is 0 Å². The van der Waals surface area contributed by atoms with Crippen LogP contribution in [0, 0.1) is 0 Å². The van der Waals surface area contributed by atoms with Gasteiger partial charge in [0, 0.05) is 6.42 Å². The predicted octanol–water partition coefficient (Wildman–Crippen LogP) is -2.50. The number of rotatable bonds is 10. The van der Waals surface area contributed by atoms with Crippen LogP contribution in [0.2, 0.25) is 0 Å². The minimum Gasteiger partial charge on any atom is -0.480 e. The lowest BCUT2D eigenvalue weighted by Gasteiger charge is -2.17. The molecule has 0 aromatic carbocycles. The Morgan fingerprint density at radius 2 is 1.96 bits per heavy atom. The fraction of sp³-hybridized carbons (Fsp3) is 0.615. The van der Waals surface area contributed by atoms with Crippen molar-refractivity contribution in [2.24, 2.45) is 11.5 Å². The lowest BCUT2D eigenvalue weighted by atomic mass is 10.1. The maximum Gasteiger partial charge on any atom is 0.328 e. The number of nitrogens with one attached hydrogen (secondary N) is 2. The van der Waals surface area contributed by atoms with Crippen molar-refractivity contribution in [3.05, 3.63) is 11.7 Å². The van der Waals surface area contributed by atoms with E-state index in [2.05, 4.69) is 15.5 Å². The van der Waals surface area contributed by atoms with Crippen LogP contribution in [0.1, 0.15) is 43.6 Å². The standard InChI is InChI=1S/C13H22N6O7/c1-5(21)9(15)10-18-11(26-19-10)6(2-3-8(14)22)16-13(25)17-7(4-20)12(23)24/h5-7,9,20-21H,2-4,15H2,1H3,(H2,14,22)(H,23,24)(H2,16,17,25). The lowest BCUT2D eigenvalue weighted by Crippen LogP contribution is -2.48. The number of aliphatic hydroxyl groups is 2. The van der Waals surface area contributed by atoms with Gasteiger partial charge in [-0.05, 0) is 13.3 Å². The van der Waals surface area contributed by atoms with E-state index in [1.54, 1.807) is 0 Å². The summed E-state index contributed by atoms with van der Waals surface area (Å²) in [7, 11) is 0. The van der Waals surface area contributed by atoms with Crippen molar-refractivity contribution < 1.29 is 34.2 Å². The SMILES string of the molecule is CC(O)C(N)c1noc(C(CCC(N)=O)NC(=O)NC(CO)C(=O)O)n1. The number of hydrogen-bond acceptors (Lipinski definition) is 9. The number of aromatic nitrogens is 2. The molecule has 0 aliphatic rings. The zero-order valence-electron chi connectivity index (χ0n) is 14.0. The molecule has 4 atom stereocenters. The van der Waals surface area contributed by atoms with Gasteiger partial charge in [0.1, 0.15) is 6.04 Å².